The van der Waals surface area contributed by atoms with Gasteiger partial charge in [-0.2, -0.15) is 0 Å². The summed E-state index contributed by atoms with van der Waals surface area (Å²) in [6.45, 7) is 2.55. The number of phosphoric ester groups is 2. The molecule has 0 rings (SSSR count). The Labute approximate surface area is 653 Å². The molecule has 0 aromatic rings. The highest BCUT2D eigenvalue weighted by molar-refractivity contribution is 7.47. The van der Waals surface area contributed by atoms with Crippen LogP contribution in [0.5, 0.6) is 0 Å². The van der Waals surface area contributed by atoms with Gasteiger partial charge in [-0.25, -0.2) is 9.13 Å². The molecule has 0 radical (unpaired) electrons. The van der Waals surface area contributed by atoms with E-state index >= 15 is 0 Å². The summed E-state index contributed by atoms with van der Waals surface area (Å²) in [6.07, 6.45) is 98.3. The van der Waals surface area contributed by atoms with Crippen molar-refractivity contribution in [2.45, 2.75) is 386 Å². The molecule has 0 aliphatic carbocycles. The lowest BCUT2D eigenvalue weighted by molar-refractivity contribution is -0.161. The lowest BCUT2D eigenvalue weighted by Crippen LogP contribution is -2.30. The molecule has 0 saturated heterocycles. The molecule has 0 amide bonds. The molecular weight excluding hydrogens is 1390 g/mol. The zero-order valence-electron chi connectivity index (χ0n) is 67.8. The first-order chi connectivity index (χ1) is 52.2. The second-order valence-corrected chi connectivity index (χ2v) is 31.5. The van der Waals surface area contributed by atoms with Crippen LogP contribution in [0, 0.1) is 0 Å². The predicted octanol–water partition coefficient (Wildman–Crippen LogP) is 25.7. The van der Waals surface area contributed by atoms with Crippen LogP contribution in [0.4, 0.5) is 0 Å². The lowest BCUT2D eigenvalue weighted by atomic mass is 10.0. The summed E-state index contributed by atoms with van der Waals surface area (Å²) in [5.41, 5.74) is 0. The van der Waals surface area contributed by atoms with Gasteiger partial charge in [0.2, 0.25) is 0 Å². The number of ether oxygens (including phenoxy) is 3. The van der Waals surface area contributed by atoms with Crippen LogP contribution in [0.15, 0.2) is 122 Å². The molecule has 0 fully saturated rings. The number of aliphatic hydroxyl groups excluding tert-OH is 2. The third-order valence-electron chi connectivity index (χ3n) is 18.1. The molecule has 4 N–H and O–H groups in total. The van der Waals surface area contributed by atoms with Gasteiger partial charge in [0.1, 0.15) is 25.4 Å². The Balaban J connectivity index is 4.42. The highest BCUT2D eigenvalue weighted by atomic mass is 31.2. The van der Waals surface area contributed by atoms with Crippen LogP contribution in [0.2, 0.25) is 0 Å². The van der Waals surface area contributed by atoms with E-state index in [0.29, 0.717) is 19.3 Å². The SMILES string of the molecule is CC/C=C\C/C=C\C/C=C\C/C=C\C/C=C\CCCCCCCCCCCCCCCCCCCC(=O)OCC(O)COP(=O)(O)OCC(O)COP(=O)(O)OCC(COC(=O)CCCCCCCCCCC/C=C\C/C=C\C/C=C\C/C=C\CCCCC)OC(=O)CCCCCCC/C=C\CCCCCC. The minimum absolute atomic E-state index is 0.0931. The van der Waals surface area contributed by atoms with E-state index in [1.807, 2.05) is 0 Å². The van der Waals surface area contributed by atoms with Gasteiger partial charge in [0.15, 0.2) is 6.10 Å². The normalized spacial score (nSPS) is 14.5. The largest absolute Gasteiger partial charge is 0.472 e. The first-order valence-electron chi connectivity index (χ1n) is 42.8. The Morgan fingerprint density at radius 2 is 0.495 bits per heavy atom. The third kappa shape index (κ3) is 82.7. The minimum Gasteiger partial charge on any atom is -0.463 e. The maximum atomic E-state index is 13.0. The molecule has 107 heavy (non-hydrogen) atoms. The van der Waals surface area contributed by atoms with Crippen LogP contribution in [-0.2, 0) is 55.8 Å². The molecule has 0 heterocycles. The van der Waals surface area contributed by atoms with Crippen molar-refractivity contribution in [2.75, 3.05) is 39.6 Å². The van der Waals surface area contributed by atoms with Gasteiger partial charge >= 0.3 is 33.6 Å². The number of allylic oxidation sites excluding steroid dienone is 20. The number of esters is 3. The number of hydrogen-bond donors (Lipinski definition) is 4. The van der Waals surface area contributed by atoms with Crippen LogP contribution in [0.3, 0.4) is 0 Å². The van der Waals surface area contributed by atoms with E-state index in [0.717, 1.165) is 141 Å². The smallest absolute Gasteiger partial charge is 0.463 e. The Hall–Kier alpha value is -4.05. The number of phosphoric acid groups is 2. The van der Waals surface area contributed by atoms with Gasteiger partial charge in [-0.05, 0) is 135 Å². The molecular formula is C89H156O16P2. The Morgan fingerprint density at radius 1 is 0.271 bits per heavy atom. The summed E-state index contributed by atoms with van der Waals surface area (Å²) < 4.78 is 61.2. The van der Waals surface area contributed by atoms with Crippen LogP contribution < -0.4 is 0 Å². The van der Waals surface area contributed by atoms with E-state index in [2.05, 4.69) is 142 Å². The molecule has 5 atom stereocenters. The monoisotopic (exact) mass is 1540 g/mol. The zero-order valence-corrected chi connectivity index (χ0v) is 69.6. The van der Waals surface area contributed by atoms with E-state index in [1.54, 1.807) is 0 Å². The molecule has 0 saturated carbocycles. The van der Waals surface area contributed by atoms with E-state index in [9.17, 15) is 43.5 Å². The standard InChI is InChI=1S/C89H156O16P2/c1-4-7-10-13-16-19-22-25-27-29-31-33-35-37-38-39-40-41-42-43-44-46-48-49-51-53-55-58-60-63-66-69-72-75-87(92)99-78-84(90)79-101-106(95,96)102-80-85(91)81-103-107(97,98)104-83-86(105-89(94)77-74-71-68-65-62-57-24-21-18-15-12-9-6-3)82-100-88(93)76-73-70-67-64-61-59-56-54-52-50-47-45-36-34-32-30-28-26-23-20-17-14-11-8-5-2/h7,10,16-17,19-21,24-28,31-34,37-38,45,47,84-86,90-91H,4-6,8-9,11-15,18,22-23,29-30,35-36,39-44,46,48-83H2,1-3H3,(H,95,96)(H,97,98)/b10-7-,19-16-,20-17-,24-21-,27-25-,28-26-,33-31-,34-32-,38-37-,47-45-. The van der Waals surface area contributed by atoms with E-state index < -0.39 is 91.5 Å². The fraction of sp³-hybridized carbons (Fsp3) is 0.742. The minimum atomic E-state index is -4.93. The van der Waals surface area contributed by atoms with E-state index in [-0.39, 0.29) is 19.3 Å². The van der Waals surface area contributed by atoms with Crippen molar-refractivity contribution in [2.24, 2.45) is 0 Å². The molecule has 0 spiro atoms. The Morgan fingerprint density at radius 3 is 0.813 bits per heavy atom. The van der Waals surface area contributed by atoms with Crippen LogP contribution >= 0.6 is 15.6 Å². The molecule has 0 aromatic carbocycles. The number of carbonyl (C=O) groups excluding carboxylic acids is 3. The summed E-state index contributed by atoms with van der Waals surface area (Å²) in [5, 5.41) is 20.7. The van der Waals surface area contributed by atoms with Gasteiger partial charge < -0.3 is 34.2 Å². The summed E-state index contributed by atoms with van der Waals surface area (Å²) in [6, 6.07) is 0. The topological polar surface area (TPSA) is 231 Å². The first kappa shape index (κ1) is 103. The molecule has 18 heteroatoms. The Bertz CT molecular complexity index is 2430. The van der Waals surface area contributed by atoms with Gasteiger partial charge in [0, 0.05) is 19.3 Å². The number of unbranched alkanes of at least 4 members (excludes halogenated alkanes) is 38. The summed E-state index contributed by atoms with van der Waals surface area (Å²) in [5.74, 6) is -1.58. The molecule has 5 unspecified atom stereocenters. The second kappa shape index (κ2) is 81.4. The van der Waals surface area contributed by atoms with Gasteiger partial charge in [-0.15, -0.1) is 0 Å². The van der Waals surface area contributed by atoms with Crippen molar-refractivity contribution < 1.29 is 75.8 Å². The maximum Gasteiger partial charge on any atom is 0.472 e. The maximum absolute atomic E-state index is 13.0. The van der Waals surface area contributed by atoms with Crippen LogP contribution in [0.1, 0.15) is 367 Å². The zero-order chi connectivity index (χ0) is 78.0. The molecule has 0 aliphatic rings. The van der Waals surface area contributed by atoms with E-state index in [4.69, 9.17) is 32.3 Å². The molecule has 0 bridgehead atoms. The second-order valence-electron chi connectivity index (χ2n) is 28.6. The number of rotatable bonds is 81. The highest BCUT2D eigenvalue weighted by Crippen LogP contribution is 2.45. The van der Waals surface area contributed by atoms with Crippen molar-refractivity contribution in [3.63, 3.8) is 0 Å². The predicted molar refractivity (Wildman–Crippen MR) is 445 cm³/mol. The van der Waals surface area contributed by atoms with Gasteiger partial charge in [0.05, 0.1) is 26.4 Å². The van der Waals surface area contributed by atoms with Crippen molar-refractivity contribution in [3.05, 3.63) is 122 Å². The fourth-order valence-corrected chi connectivity index (χ4v) is 13.2. The number of hydrogen-bond acceptors (Lipinski definition) is 14. The van der Waals surface area contributed by atoms with Gasteiger partial charge in [-0.1, -0.05) is 335 Å². The quantitative estimate of drug-likeness (QED) is 0.0146. The average molecular weight is 1540 g/mol. The summed E-state index contributed by atoms with van der Waals surface area (Å²) >= 11 is 0. The third-order valence-corrected chi connectivity index (χ3v) is 20.0. The molecule has 16 nitrogen and oxygen atoms in total. The van der Waals surface area contributed by atoms with Crippen molar-refractivity contribution in [1.29, 1.82) is 0 Å². The van der Waals surface area contributed by atoms with Gasteiger partial charge in [0.25, 0.3) is 0 Å². The number of carbonyl (C=O) groups is 3. The van der Waals surface area contributed by atoms with Crippen molar-refractivity contribution in [1.82, 2.24) is 0 Å². The molecule has 0 aromatic heterocycles. The van der Waals surface area contributed by atoms with E-state index in [1.165, 1.54) is 167 Å². The molecule has 618 valence electrons. The highest BCUT2D eigenvalue weighted by Gasteiger charge is 2.29. The van der Waals surface area contributed by atoms with Crippen molar-refractivity contribution >= 4 is 33.6 Å². The first-order valence-corrected chi connectivity index (χ1v) is 45.8. The summed E-state index contributed by atoms with van der Waals surface area (Å²) in [7, 11) is -9.79. The fourth-order valence-electron chi connectivity index (χ4n) is 11.6. The molecule has 0 aliphatic heterocycles. The van der Waals surface area contributed by atoms with Crippen LogP contribution in [0.25, 0.3) is 0 Å². The average Bonchev–Trinajstić information content (AvgIpc) is 0.908. The van der Waals surface area contributed by atoms with Crippen LogP contribution in [-0.4, -0.2) is 95.9 Å². The van der Waals surface area contributed by atoms with Crippen molar-refractivity contribution in [3.8, 4) is 0 Å². The van der Waals surface area contributed by atoms with Gasteiger partial charge in [-0.3, -0.25) is 32.5 Å². The number of aliphatic hydroxyl groups is 2. The summed E-state index contributed by atoms with van der Waals surface area (Å²) in [4.78, 5) is 58.7. The lowest BCUT2D eigenvalue weighted by Gasteiger charge is -2.21. The Kier molecular flexibility index (Phi) is 78.4.